The maximum atomic E-state index is 12.1. The predicted molar refractivity (Wildman–Crippen MR) is 83.6 cm³/mol. The van der Waals surface area contributed by atoms with Crippen LogP contribution in [0.4, 0.5) is 0 Å². The first-order valence-corrected chi connectivity index (χ1v) is 7.72. The molecule has 0 aromatic carbocycles. The Hall–Kier alpha value is -0.650. The van der Waals surface area contributed by atoms with Gasteiger partial charge in [0.15, 0.2) is 0 Å². The second-order valence-electron chi connectivity index (χ2n) is 6.42. The molecular weight excluding hydrogens is 252 g/mol. The molecule has 1 amide bonds. The molecule has 0 aromatic rings. The van der Waals surface area contributed by atoms with Gasteiger partial charge in [-0.25, -0.2) is 0 Å². The Morgan fingerprint density at radius 2 is 1.80 bits per heavy atom. The smallest absolute Gasteiger partial charge is 0.226 e. The van der Waals surface area contributed by atoms with Crippen molar-refractivity contribution in [3.8, 4) is 0 Å². The summed E-state index contributed by atoms with van der Waals surface area (Å²) in [6.07, 6.45) is 2.45. The monoisotopic (exact) mass is 284 g/mol. The molecule has 0 bridgehead atoms. The second-order valence-corrected chi connectivity index (χ2v) is 6.42. The Balaban J connectivity index is 2.33. The number of piperidine rings is 1. The number of amides is 1. The Kier molecular flexibility index (Phi) is 6.92. The van der Waals surface area contributed by atoms with E-state index in [1.165, 1.54) is 25.9 Å². The molecule has 20 heavy (non-hydrogen) atoms. The van der Waals surface area contributed by atoms with Crippen molar-refractivity contribution in [2.75, 3.05) is 47.3 Å². The molecule has 2 atom stereocenters. The SMILES string of the molecule is CC(N)C(C)C(=O)N(C)CCN(C)C1CCN(C)CC1. The summed E-state index contributed by atoms with van der Waals surface area (Å²) in [5, 5.41) is 0. The minimum atomic E-state index is -0.103. The van der Waals surface area contributed by atoms with Gasteiger partial charge in [0.1, 0.15) is 0 Å². The first-order valence-electron chi connectivity index (χ1n) is 7.72. The van der Waals surface area contributed by atoms with E-state index in [4.69, 9.17) is 5.73 Å². The van der Waals surface area contributed by atoms with Crippen molar-refractivity contribution in [3.63, 3.8) is 0 Å². The average molecular weight is 284 g/mol. The lowest BCUT2D eigenvalue weighted by molar-refractivity contribution is -0.134. The summed E-state index contributed by atoms with van der Waals surface area (Å²) in [4.78, 5) is 18.7. The van der Waals surface area contributed by atoms with Crippen LogP contribution in [0, 0.1) is 5.92 Å². The number of hydrogen-bond donors (Lipinski definition) is 1. The number of nitrogens with two attached hydrogens (primary N) is 1. The molecule has 1 aliphatic heterocycles. The topological polar surface area (TPSA) is 52.8 Å². The van der Waals surface area contributed by atoms with Crippen molar-refractivity contribution >= 4 is 5.91 Å². The lowest BCUT2D eigenvalue weighted by Gasteiger charge is -2.36. The molecule has 1 heterocycles. The predicted octanol–water partition coefficient (Wildman–Crippen LogP) is 0.454. The average Bonchev–Trinajstić information content (AvgIpc) is 2.43. The van der Waals surface area contributed by atoms with Gasteiger partial charge in [-0.1, -0.05) is 6.92 Å². The number of likely N-dealkylation sites (tertiary alicyclic amines) is 1. The third-order valence-corrected chi connectivity index (χ3v) is 4.65. The standard InChI is InChI=1S/C15H32N4O/c1-12(13(2)16)15(20)19(5)11-10-18(4)14-6-8-17(3)9-7-14/h12-14H,6-11,16H2,1-5H3. The van der Waals surface area contributed by atoms with Crippen molar-refractivity contribution in [1.29, 1.82) is 0 Å². The summed E-state index contributed by atoms with van der Waals surface area (Å²) in [6.45, 7) is 7.85. The van der Waals surface area contributed by atoms with E-state index >= 15 is 0 Å². The van der Waals surface area contributed by atoms with Gasteiger partial charge in [0.25, 0.3) is 0 Å². The first-order chi connectivity index (χ1) is 9.32. The van der Waals surface area contributed by atoms with Gasteiger partial charge in [-0.15, -0.1) is 0 Å². The zero-order valence-electron chi connectivity index (χ0n) is 13.8. The molecule has 1 fully saturated rings. The van der Waals surface area contributed by atoms with E-state index < -0.39 is 0 Å². The lowest BCUT2D eigenvalue weighted by Crippen LogP contribution is -2.46. The summed E-state index contributed by atoms with van der Waals surface area (Å²) in [5.41, 5.74) is 5.80. The van der Waals surface area contributed by atoms with E-state index in [1.54, 1.807) is 0 Å². The van der Waals surface area contributed by atoms with Crippen LogP contribution in [0.25, 0.3) is 0 Å². The van der Waals surface area contributed by atoms with Gasteiger partial charge < -0.3 is 20.4 Å². The molecule has 0 radical (unpaired) electrons. The zero-order valence-corrected chi connectivity index (χ0v) is 13.8. The fourth-order valence-electron chi connectivity index (χ4n) is 2.61. The molecule has 0 aliphatic carbocycles. The normalized spacial score (nSPS) is 20.9. The molecule has 5 heteroatoms. The van der Waals surface area contributed by atoms with E-state index in [-0.39, 0.29) is 17.9 Å². The van der Waals surface area contributed by atoms with Gasteiger partial charge in [-0.2, -0.15) is 0 Å². The van der Waals surface area contributed by atoms with E-state index in [9.17, 15) is 4.79 Å². The van der Waals surface area contributed by atoms with E-state index in [1.807, 2.05) is 25.8 Å². The highest BCUT2D eigenvalue weighted by Crippen LogP contribution is 2.14. The molecule has 1 rings (SSSR count). The first kappa shape index (κ1) is 17.4. The second kappa shape index (κ2) is 7.96. The van der Waals surface area contributed by atoms with Gasteiger partial charge in [-0.05, 0) is 47.0 Å². The molecule has 0 spiro atoms. The van der Waals surface area contributed by atoms with Crippen molar-refractivity contribution in [1.82, 2.24) is 14.7 Å². The number of carbonyl (C=O) groups excluding carboxylic acids is 1. The molecule has 2 unspecified atom stereocenters. The minimum absolute atomic E-state index is 0.0865. The fourth-order valence-corrected chi connectivity index (χ4v) is 2.61. The maximum absolute atomic E-state index is 12.1. The number of likely N-dealkylation sites (N-methyl/N-ethyl adjacent to an activating group) is 2. The van der Waals surface area contributed by atoms with Crippen molar-refractivity contribution < 1.29 is 4.79 Å². The van der Waals surface area contributed by atoms with Gasteiger partial charge in [-0.3, -0.25) is 4.79 Å². The van der Waals surface area contributed by atoms with Crippen molar-refractivity contribution in [2.24, 2.45) is 11.7 Å². The maximum Gasteiger partial charge on any atom is 0.226 e. The van der Waals surface area contributed by atoms with Crippen LogP contribution in [0.3, 0.4) is 0 Å². The number of hydrogen-bond acceptors (Lipinski definition) is 4. The number of rotatable bonds is 6. The van der Waals surface area contributed by atoms with Crippen LogP contribution in [0.1, 0.15) is 26.7 Å². The van der Waals surface area contributed by atoms with Crippen LogP contribution in [0.5, 0.6) is 0 Å². The molecule has 0 saturated carbocycles. The van der Waals surface area contributed by atoms with Crippen LogP contribution in [-0.4, -0.2) is 80.0 Å². The third-order valence-electron chi connectivity index (χ3n) is 4.65. The van der Waals surface area contributed by atoms with Crippen LogP contribution in [-0.2, 0) is 4.79 Å². The molecule has 5 nitrogen and oxygen atoms in total. The van der Waals surface area contributed by atoms with Crippen molar-refractivity contribution in [2.45, 2.75) is 38.8 Å². The minimum Gasteiger partial charge on any atom is -0.344 e. The highest BCUT2D eigenvalue weighted by Gasteiger charge is 2.23. The Bertz CT molecular complexity index is 300. The summed E-state index contributed by atoms with van der Waals surface area (Å²) >= 11 is 0. The molecule has 1 saturated heterocycles. The summed E-state index contributed by atoms with van der Waals surface area (Å²) in [6, 6.07) is 0.567. The van der Waals surface area contributed by atoms with Crippen LogP contribution in [0.15, 0.2) is 0 Å². The van der Waals surface area contributed by atoms with Gasteiger partial charge in [0.05, 0.1) is 5.92 Å². The highest BCUT2D eigenvalue weighted by atomic mass is 16.2. The van der Waals surface area contributed by atoms with Gasteiger partial charge >= 0.3 is 0 Å². The quantitative estimate of drug-likeness (QED) is 0.770. The van der Waals surface area contributed by atoms with Crippen molar-refractivity contribution in [3.05, 3.63) is 0 Å². The highest BCUT2D eigenvalue weighted by molar-refractivity contribution is 5.78. The van der Waals surface area contributed by atoms with Crippen LogP contribution in [0.2, 0.25) is 0 Å². The molecule has 2 N–H and O–H groups in total. The van der Waals surface area contributed by atoms with E-state index in [0.717, 1.165) is 13.1 Å². The van der Waals surface area contributed by atoms with E-state index in [0.29, 0.717) is 6.04 Å². The number of nitrogens with zero attached hydrogens (tertiary/aromatic N) is 3. The van der Waals surface area contributed by atoms with Crippen LogP contribution >= 0.6 is 0 Å². The summed E-state index contributed by atoms with van der Waals surface area (Å²) < 4.78 is 0. The third kappa shape index (κ3) is 5.04. The summed E-state index contributed by atoms with van der Waals surface area (Å²) in [7, 11) is 6.23. The fraction of sp³-hybridized carbons (Fsp3) is 0.933. The molecule has 1 aliphatic rings. The van der Waals surface area contributed by atoms with Gasteiger partial charge in [0, 0.05) is 32.2 Å². The van der Waals surface area contributed by atoms with Crippen LogP contribution < -0.4 is 5.73 Å². The Morgan fingerprint density at radius 1 is 1.25 bits per heavy atom. The molecular formula is C15H32N4O. The lowest BCUT2D eigenvalue weighted by atomic mass is 10.0. The Labute approximate surface area is 124 Å². The Morgan fingerprint density at radius 3 is 2.30 bits per heavy atom. The van der Waals surface area contributed by atoms with Gasteiger partial charge in [0.2, 0.25) is 5.91 Å². The molecule has 118 valence electrons. The van der Waals surface area contributed by atoms with E-state index in [2.05, 4.69) is 23.9 Å². The molecule has 0 aromatic heterocycles. The zero-order chi connectivity index (χ0) is 15.3. The largest absolute Gasteiger partial charge is 0.344 e. The summed E-state index contributed by atoms with van der Waals surface area (Å²) in [5.74, 6) is 0.0467. The number of carbonyl (C=O) groups is 1.